The lowest BCUT2D eigenvalue weighted by Gasteiger charge is -2.24. The van der Waals surface area contributed by atoms with Crippen LogP contribution in [0.15, 0.2) is 66.9 Å². The molecule has 2 aromatic carbocycles. The lowest BCUT2D eigenvalue weighted by molar-refractivity contribution is -0.146. The molecule has 2 aromatic heterocycles. The number of benzene rings is 2. The second-order valence-electron chi connectivity index (χ2n) is 10.2. The van der Waals surface area contributed by atoms with Crippen molar-refractivity contribution in [1.82, 2.24) is 19.6 Å². The number of aliphatic hydroxyl groups is 1. The summed E-state index contributed by atoms with van der Waals surface area (Å²) in [6.45, 7) is 2.77. The fourth-order valence-electron chi connectivity index (χ4n) is 4.76. The number of ether oxygens (including phenoxy) is 2. The maximum absolute atomic E-state index is 13.9. The molecule has 1 aliphatic heterocycles. The molecule has 0 bridgehead atoms. The molecule has 0 aliphatic carbocycles. The topological polar surface area (TPSA) is 203 Å². The van der Waals surface area contributed by atoms with Crippen LogP contribution >= 0.6 is 7.75 Å². The smallest absolute Gasteiger partial charge is 0.459 e. The van der Waals surface area contributed by atoms with Crippen LogP contribution in [0.2, 0.25) is 0 Å². The number of carbonyl (C=O) groups excluding carboxylic acids is 2. The van der Waals surface area contributed by atoms with Gasteiger partial charge in [0.05, 0.1) is 23.7 Å². The van der Waals surface area contributed by atoms with E-state index in [9.17, 15) is 19.3 Å². The van der Waals surface area contributed by atoms with Crippen molar-refractivity contribution in [3.8, 4) is 5.75 Å². The zero-order valence-electron chi connectivity index (χ0n) is 24.0. The van der Waals surface area contributed by atoms with Gasteiger partial charge in [0, 0.05) is 12.6 Å². The first-order valence-electron chi connectivity index (χ1n) is 13.8. The standard InChI is InChI=1S/C29H33N6O8P/c1-17(29(38)40-15-19-9-5-3-6-10-19)34-44(39,43-20-11-7-4-8-12-20)41-16-23-22(36)13-24(42-23)35-14-21(27(31)37)25-26(30)32-18(2)33-28(25)35/h3-12,14,17,22-24,36H,13,15-16H2,1-2H3,(H2,31,37)(H,34,39)(H2,30,32,33)/t17-,22-,23+,24+,44?/m0/s1. The van der Waals surface area contributed by atoms with Crippen LogP contribution in [0.4, 0.5) is 5.82 Å². The van der Waals surface area contributed by atoms with Crippen molar-refractivity contribution >= 4 is 36.5 Å². The third kappa shape index (κ3) is 7.07. The molecule has 6 N–H and O–H groups in total. The Morgan fingerprint density at radius 3 is 2.52 bits per heavy atom. The molecule has 232 valence electrons. The Balaban J connectivity index is 1.30. The van der Waals surface area contributed by atoms with Gasteiger partial charge in [0.1, 0.15) is 48.0 Å². The van der Waals surface area contributed by atoms with Gasteiger partial charge >= 0.3 is 13.7 Å². The number of hydrogen-bond donors (Lipinski definition) is 4. The maximum atomic E-state index is 13.9. The number of primary amides is 1. The molecule has 1 aliphatic rings. The number of hydrogen-bond acceptors (Lipinski definition) is 11. The van der Waals surface area contributed by atoms with Crippen molar-refractivity contribution in [1.29, 1.82) is 0 Å². The predicted octanol–water partition coefficient (Wildman–Crippen LogP) is 2.99. The van der Waals surface area contributed by atoms with Crippen LogP contribution in [0.5, 0.6) is 5.75 Å². The van der Waals surface area contributed by atoms with E-state index >= 15 is 0 Å². The molecular formula is C29H33N6O8P. The lowest BCUT2D eigenvalue weighted by atomic mass is 10.2. The van der Waals surface area contributed by atoms with E-state index in [0.717, 1.165) is 5.56 Å². The van der Waals surface area contributed by atoms with Crippen LogP contribution in [-0.2, 0) is 30.0 Å². The lowest BCUT2D eigenvalue weighted by Crippen LogP contribution is -2.36. The van der Waals surface area contributed by atoms with E-state index in [1.54, 1.807) is 41.8 Å². The van der Waals surface area contributed by atoms with Gasteiger partial charge in [-0.05, 0) is 31.5 Å². The fourth-order valence-corrected chi connectivity index (χ4v) is 6.26. The molecule has 1 unspecified atom stereocenters. The number of nitrogens with two attached hydrogens (primary N) is 2. The van der Waals surface area contributed by atoms with E-state index in [-0.39, 0.29) is 42.2 Å². The van der Waals surface area contributed by atoms with Crippen LogP contribution in [0.1, 0.15) is 41.3 Å². The maximum Gasteiger partial charge on any atom is 0.459 e. The molecule has 15 heteroatoms. The van der Waals surface area contributed by atoms with E-state index < -0.39 is 44.1 Å². The van der Waals surface area contributed by atoms with Crippen molar-refractivity contribution in [2.24, 2.45) is 5.73 Å². The molecule has 0 saturated carbocycles. The highest BCUT2D eigenvalue weighted by Crippen LogP contribution is 2.46. The number of amides is 1. The summed E-state index contributed by atoms with van der Waals surface area (Å²) in [5.74, 6) is -0.727. The highest BCUT2D eigenvalue weighted by Gasteiger charge is 2.40. The first kappa shape index (κ1) is 31.1. The Morgan fingerprint density at radius 1 is 1.16 bits per heavy atom. The fraction of sp³-hybridized carbons (Fsp3) is 0.310. The number of carbonyl (C=O) groups is 2. The summed E-state index contributed by atoms with van der Waals surface area (Å²) in [4.78, 5) is 33.4. The zero-order valence-corrected chi connectivity index (χ0v) is 24.9. The number of fused-ring (bicyclic) bond motifs is 1. The number of aromatic nitrogens is 3. The van der Waals surface area contributed by atoms with Gasteiger partial charge in [0.25, 0.3) is 5.91 Å². The quantitative estimate of drug-likeness (QED) is 0.133. The molecule has 4 aromatic rings. The van der Waals surface area contributed by atoms with Gasteiger partial charge in [-0.3, -0.25) is 14.1 Å². The summed E-state index contributed by atoms with van der Waals surface area (Å²) < 4.78 is 38.3. The van der Waals surface area contributed by atoms with E-state index in [1.807, 2.05) is 30.3 Å². The average Bonchev–Trinajstić information content (AvgIpc) is 3.56. The Hall–Kier alpha value is -4.33. The third-order valence-corrected chi connectivity index (χ3v) is 8.54. The minimum absolute atomic E-state index is 0.0293. The highest BCUT2D eigenvalue weighted by molar-refractivity contribution is 7.52. The first-order chi connectivity index (χ1) is 21.0. The molecule has 0 spiro atoms. The number of aliphatic hydroxyl groups excluding tert-OH is 1. The number of para-hydroxylation sites is 1. The molecule has 14 nitrogen and oxygen atoms in total. The predicted molar refractivity (Wildman–Crippen MR) is 159 cm³/mol. The Labute approximate surface area is 252 Å². The number of aryl methyl sites for hydroxylation is 1. The molecule has 1 saturated heterocycles. The molecular weight excluding hydrogens is 591 g/mol. The molecule has 0 radical (unpaired) electrons. The number of esters is 1. The minimum Gasteiger partial charge on any atom is -0.460 e. The Bertz CT molecular complexity index is 1690. The van der Waals surface area contributed by atoms with Crippen molar-refractivity contribution in [2.75, 3.05) is 12.3 Å². The summed E-state index contributed by atoms with van der Waals surface area (Å²) in [5.41, 5.74) is 12.8. The largest absolute Gasteiger partial charge is 0.460 e. The summed E-state index contributed by atoms with van der Waals surface area (Å²) in [7, 11) is -4.23. The van der Waals surface area contributed by atoms with Gasteiger partial charge in [0.2, 0.25) is 0 Å². The van der Waals surface area contributed by atoms with Gasteiger partial charge < -0.3 is 35.1 Å². The number of nitrogens with one attached hydrogen (secondary N) is 1. The normalized spacial score (nSPS) is 20.2. The Morgan fingerprint density at radius 2 is 1.84 bits per heavy atom. The summed E-state index contributed by atoms with van der Waals surface area (Å²) in [6, 6.07) is 16.3. The van der Waals surface area contributed by atoms with Gasteiger partial charge in [-0.25, -0.2) is 14.5 Å². The van der Waals surface area contributed by atoms with Crippen molar-refractivity contribution in [3.63, 3.8) is 0 Å². The number of rotatable bonds is 12. The van der Waals surface area contributed by atoms with Gasteiger partial charge in [0.15, 0.2) is 0 Å². The Kier molecular flexibility index (Phi) is 9.28. The van der Waals surface area contributed by atoms with Gasteiger partial charge in [-0.1, -0.05) is 48.5 Å². The van der Waals surface area contributed by atoms with E-state index in [1.165, 1.54) is 13.1 Å². The van der Waals surface area contributed by atoms with Crippen LogP contribution in [0.25, 0.3) is 11.0 Å². The molecule has 3 heterocycles. The average molecular weight is 625 g/mol. The van der Waals surface area contributed by atoms with Crippen molar-refractivity contribution < 1.29 is 37.8 Å². The molecule has 44 heavy (non-hydrogen) atoms. The molecule has 1 fully saturated rings. The highest BCUT2D eigenvalue weighted by atomic mass is 31.2. The summed E-state index contributed by atoms with van der Waals surface area (Å²) in [5, 5.41) is 13.8. The second kappa shape index (κ2) is 13.1. The van der Waals surface area contributed by atoms with Crippen molar-refractivity contribution in [3.05, 3.63) is 83.8 Å². The zero-order chi connectivity index (χ0) is 31.4. The van der Waals surface area contributed by atoms with Gasteiger partial charge in [-0.15, -0.1) is 0 Å². The van der Waals surface area contributed by atoms with E-state index in [4.69, 9.17) is 30.0 Å². The first-order valence-corrected chi connectivity index (χ1v) is 15.3. The molecule has 5 rings (SSSR count). The van der Waals surface area contributed by atoms with Gasteiger partial charge in [-0.2, -0.15) is 5.09 Å². The summed E-state index contributed by atoms with van der Waals surface area (Å²) in [6.07, 6.45) is -1.29. The molecule has 1 amide bonds. The number of nitrogen functional groups attached to an aromatic ring is 1. The van der Waals surface area contributed by atoms with Crippen LogP contribution in [0, 0.1) is 6.92 Å². The number of anilines is 1. The minimum atomic E-state index is -4.23. The second-order valence-corrected chi connectivity index (χ2v) is 11.9. The van der Waals surface area contributed by atoms with Crippen LogP contribution in [0.3, 0.4) is 0 Å². The van der Waals surface area contributed by atoms with Crippen LogP contribution < -0.4 is 21.1 Å². The SMILES string of the molecule is Cc1nc(N)c2c(C(N)=O)cn([C@H]3C[C@H](O)[C@@H](COP(=O)(N[C@@H](C)C(=O)OCc4ccccc4)Oc4ccccc4)O3)c2n1. The molecule has 5 atom stereocenters. The van der Waals surface area contributed by atoms with Crippen LogP contribution in [-0.4, -0.2) is 56.4 Å². The monoisotopic (exact) mass is 624 g/mol. The van der Waals surface area contributed by atoms with E-state index in [2.05, 4.69) is 15.1 Å². The summed E-state index contributed by atoms with van der Waals surface area (Å²) >= 11 is 0. The van der Waals surface area contributed by atoms with Crippen molar-refractivity contribution in [2.45, 2.75) is 51.4 Å². The number of nitrogens with zero attached hydrogens (tertiary/aromatic N) is 3. The third-order valence-electron chi connectivity index (χ3n) is 6.90. The van der Waals surface area contributed by atoms with E-state index in [0.29, 0.717) is 11.5 Å².